The molecule has 2 aromatic heterocycles. The summed E-state index contributed by atoms with van der Waals surface area (Å²) in [5, 5.41) is 15.4. The van der Waals surface area contributed by atoms with E-state index in [1.54, 1.807) is 14.0 Å². The molecule has 1 N–H and O–H groups in total. The Bertz CT molecular complexity index is 1130. The summed E-state index contributed by atoms with van der Waals surface area (Å²) < 4.78 is 18.1. The lowest BCUT2D eigenvalue weighted by Crippen LogP contribution is -2.41. The summed E-state index contributed by atoms with van der Waals surface area (Å²) in [6.07, 6.45) is 1.64. The third-order valence-electron chi connectivity index (χ3n) is 5.80. The molecular formula is C23H30N4O5S. The molecule has 0 radical (unpaired) electrons. The largest absolute Gasteiger partial charge is 0.493 e. The Balaban J connectivity index is 1.78. The number of methoxy groups -OCH3 is 1. The zero-order chi connectivity index (χ0) is 23.5. The van der Waals surface area contributed by atoms with Gasteiger partial charge in [0.15, 0.2) is 11.5 Å². The number of carbonyl (C=O) groups excluding carboxylic acids is 1. The first kappa shape index (κ1) is 23.3. The number of benzene rings is 1. The van der Waals surface area contributed by atoms with Gasteiger partial charge in [0.2, 0.25) is 10.8 Å². The van der Waals surface area contributed by atoms with Gasteiger partial charge >= 0.3 is 5.97 Å². The number of thiazole rings is 1. The van der Waals surface area contributed by atoms with Gasteiger partial charge < -0.3 is 19.3 Å². The first-order chi connectivity index (χ1) is 16.0. The Morgan fingerprint density at radius 3 is 2.82 bits per heavy atom. The van der Waals surface area contributed by atoms with Gasteiger partial charge in [0.05, 0.1) is 37.2 Å². The fraction of sp³-hybridized carbons (Fsp3) is 0.522. The van der Waals surface area contributed by atoms with Crippen LogP contribution in [0.2, 0.25) is 0 Å². The van der Waals surface area contributed by atoms with E-state index in [1.165, 1.54) is 15.9 Å². The number of esters is 1. The van der Waals surface area contributed by atoms with Crippen molar-refractivity contribution in [1.82, 2.24) is 19.5 Å². The Labute approximate surface area is 196 Å². The van der Waals surface area contributed by atoms with Gasteiger partial charge in [-0.15, -0.1) is 5.10 Å². The maximum absolute atomic E-state index is 12.5. The maximum Gasteiger partial charge on any atom is 0.310 e. The second-order valence-corrected chi connectivity index (χ2v) is 8.98. The smallest absolute Gasteiger partial charge is 0.310 e. The monoisotopic (exact) mass is 474 g/mol. The van der Waals surface area contributed by atoms with Crippen molar-refractivity contribution < 1.29 is 24.1 Å². The summed E-state index contributed by atoms with van der Waals surface area (Å²) >= 11 is 1.40. The molecule has 1 aliphatic rings. The highest BCUT2D eigenvalue weighted by Gasteiger charge is 2.35. The van der Waals surface area contributed by atoms with E-state index < -0.39 is 0 Å². The number of rotatable bonds is 8. The second-order valence-electron chi connectivity index (χ2n) is 7.98. The molecule has 0 unspecified atom stereocenters. The van der Waals surface area contributed by atoms with E-state index in [1.807, 2.05) is 32.0 Å². The third kappa shape index (κ3) is 4.63. The molecule has 1 aromatic carbocycles. The lowest BCUT2D eigenvalue weighted by molar-refractivity contribution is -0.150. The van der Waals surface area contributed by atoms with E-state index >= 15 is 0 Å². The first-order valence-corrected chi connectivity index (χ1v) is 12.0. The number of fused-ring (bicyclic) bond motifs is 1. The van der Waals surface area contributed by atoms with Crippen molar-refractivity contribution in [2.45, 2.75) is 39.7 Å². The molecule has 0 bridgehead atoms. The SMILES string of the molecule is CCOC(=O)[C@H]1CCCN([C@@H](c2ccc(OCC)c(OC)c2)c2sc3nc(C)nn3c2O)C1. The summed E-state index contributed by atoms with van der Waals surface area (Å²) in [5.41, 5.74) is 0.927. The lowest BCUT2D eigenvalue weighted by atomic mass is 9.94. The van der Waals surface area contributed by atoms with Crippen LogP contribution in [-0.2, 0) is 9.53 Å². The third-order valence-corrected chi connectivity index (χ3v) is 6.87. The molecule has 10 heteroatoms. The van der Waals surface area contributed by atoms with Crippen LogP contribution in [0.3, 0.4) is 0 Å². The van der Waals surface area contributed by atoms with Crippen LogP contribution >= 0.6 is 11.3 Å². The fourth-order valence-corrected chi connectivity index (χ4v) is 5.54. The summed E-state index contributed by atoms with van der Waals surface area (Å²) in [6.45, 7) is 7.74. The zero-order valence-electron chi connectivity index (χ0n) is 19.4. The molecule has 178 valence electrons. The molecule has 4 rings (SSSR count). The summed E-state index contributed by atoms with van der Waals surface area (Å²) in [4.78, 5) is 20.5. The van der Waals surface area contributed by atoms with Crippen molar-refractivity contribution >= 4 is 22.3 Å². The summed E-state index contributed by atoms with van der Waals surface area (Å²) in [7, 11) is 1.61. The van der Waals surface area contributed by atoms with Gasteiger partial charge in [-0.25, -0.2) is 4.98 Å². The topological polar surface area (TPSA) is 98.4 Å². The van der Waals surface area contributed by atoms with E-state index in [-0.39, 0.29) is 23.8 Å². The molecule has 1 saturated heterocycles. The van der Waals surface area contributed by atoms with E-state index in [2.05, 4.69) is 15.0 Å². The molecule has 3 aromatic rings. The molecule has 9 nitrogen and oxygen atoms in total. The van der Waals surface area contributed by atoms with Gasteiger partial charge in [-0.05, 0) is 57.9 Å². The van der Waals surface area contributed by atoms with Gasteiger partial charge in [0.25, 0.3) is 0 Å². The highest BCUT2D eigenvalue weighted by Crippen LogP contribution is 2.43. The molecule has 1 aliphatic heterocycles. The van der Waals surface area contributed by atoms with Gasteiger partial charge in [-0.2, -0.15) is 4.52 Å². The van der Waals surface area contributed by atoms with Crippen molar-refractivity contribution in [3.05, 3.63) is 34.5 Å². The molecule has 2 atom stereocenters. The molecule has 0 aliphatic carbocycles. The van der Waals surface area contributed by atoms with Crippen LogP contribution in [0.5, 0.6) is 17.4 Å². The average molecular weight is 475 g/mol. The van der Waals surface area contributed by atoms with Crippen LogP contribution in [0.15, 0.2) is 18.2 Å². The van der Waals surface area contributed by atoms with E-state index in [0.717, 1.165) is 29.8 Å². The number of aromatic nitrogens is 3. The molecule has 3 heterocycles. The minimum atomic E-state index is -0.305. The number of likely N-dealkylation sites (tertiary alicyclic amines) is 1. The van der Waals surface area contributed by atoms with Gasteiger partial charge in [-0.1, -0.05) is 17.4 Å². The van der Waals surface area contributed by atoms with Crippen LogP contribution in [0.25, 0.3) is 4.96 Å². The van der Waals surface area contributed by atoms with Crippen LogP contribution < -0.4 is 9.47 Å². The van der Waals surface area contributed by atoms with E-state index in [0.29, 0.717) is 42.0 Å². The van der Waals surface area contributed by atoms with Crippen LogP contribution in [0, 0.1) is 12.8 Å². The summed E-state index contributed by atoms with van der Waals surface area (Å²) in [6, 6.07) is 5.49. The number of aryl methyl sites for hydroxylation is 1. The fourth-order valence-electron chi connectivity index (χ4n) is 4.38. The van der Waals surface area contributed by atoms with Crippen LogP contribution in [0.4, 0.5) is 0 Å². The van der Waals surface area contributed by atoms with Crippen molar-refractivity contribution in [1.29, 1.82) is 0 Å². The van der Waals surface area contributed by atoms with E-state index in [4.69, 9.17) is 14.2 Å². The quantitative estimate of drug-likeness (QED) is 0.495. The number of ether oxygens (including phenoxy) is 3. The van der Waals surface area contributed by atoms with Crippen molar-refractivity contribution in [2.24, 2.45) is 5.92 Å². The average Bonchev–Trinajstić information content (AvgIpc) is 3.32. The zero-order valence-corrected chi connectivity index (χ0v) is 20.2. The highest BCUT2D eigenvalue weighted by atomic mass is 32.1. The highest BCUT2D eigenvalue weighted by molar-refractivity contribution is 7.17. The van der Waals surface area contributed by atoms with Gasteiger partial charge in [0, 0.05) is 6.54 Å². The standard InChI is InChI=1S/C23H30N4O5S/c1-5-31-17-10-9-15(12-18(17)30-4)19(20-21(28)27-23(33-20)24-14(3)25-27)26-11-7-8-16(13-26)22(29)32-6-2/h9-10,12,16,19,28H,5-8,11,13H2,1-4H3/t16-,19-/m0/s1. The van der Waals surface area contributed by atoms with Crippen LogP contribution in [-0.4, -0.2) is 64.0 Å². The van der Waals surface area contributed by atoms with Crippen molar-refractivity contribution in [3.63, 3.8) is 0 Å². The predicted molar refractivity (Wildman–Crippen MR) is 124 cm³/mol. The summed E-state index contributed by atoms with van der Waals surface area (Å²) in [5.74, 6) is 1.56. The Morgan fingerprint density at radius 2 is 2.12 bits per heavy atom. The maximum atomic E-state index is 12.5. The van der Waals surface area contributed by atoms with Crippen LogP contribution in [0.1, 0.15) is 49.0 Å². The molecular weight excluding hydrogens is 444 g/mol. The van der Waals surface area contributed by atoms with Gasteiger partial charge in [0.1, 0.15) is 5.82 Å². The first-order valence-electron chi connectivity index (χ1n) is 11.2. The molecule has 0 amide bonds. The number of carbonyl (C=O) groups is 1. The minimum Gasteiger partial charge on any atom is -0.493 e. The molecule has 1 fully saturated rings. The van der Waals surface area contributed by atoms with Gasteiger partial charge in [-0.3, -0.25) is 9.69 Å². The number of piperidine rings is 1. The molecule has 0 spiro atoms. The molecule has 33 heavy (non-hydrogen) atoms. The van der Waals surface area contributed by atoms with Crippen molar-refractivity contribution in [3.8, 4) is 17.4 Å². The van der Waals surface area contributed by atoms with Crippen molar-refractivity contribution in [2.75, 3.05) is 33.4 Å². The molecule has 0 saturated carbocycles. The predicted octanol–water partition coefficient (Wildman–Crippen LogP) is 3.58. The normalized spacial score (nSPS) is 17.8. The Morgan fingerprint density at radius 1 is 1.30 bits per heavy atom. The number of aromatic hydroxyl groups is 1. The second kappa shape index (κ2) is 9.96. The number of hydrogen-bond acceptors (Lipinski definition) is 9. The number of hydrogen-bond donors (Lipinski definition) is 1. The Hall–Kier alpha value is -2.85. The number of nitrogens with zero attached hydrogens (tertiary/aromatic N) is 4. The van der Waals surface area contributed by atoms with E-state index in [9.17, 15) is 9.90 Å². The Kier molecular flexibility index (Phi) is 7.04. The lowest BCUT2D eigenvalue weighted by Gasteiger charge is -2.37. The minimum absolute atomic E-state index is 0.0618.